The smallest absolute Gasteiger partial charge is 0.163 e. The van der Waals surface area contributed by atoms with Gasteiger partial charge >= 0.3 is 0 Å². The quantitative estimate of drug-likeness (QED) is 0.705. The third-order valence-electron chi connectivity index (χ3n) is 2.32. The number of ether oxygens (including phenoxy) is 1. The van der Waals surface area contributed by atoms with Gasteiger partial charge in [-0.15, -0.1) is 0 Å². The topological polar surface area (TPSA) is 63.7 Å². The molecule has 1 aromatic heterocycles. The lowest BCUT2D eigenvalue weighted by molar-refractivity contribution is 0.0127. The maximum atomic E-state index is 8.96. The molecule has 0 aliphatic heterocycles. The van der Waals surface area contributed by atoms with E-state index in [-0.39, 0.29) is 6.10 Å². The Hall–Kier alpha value is -1.41. The van der Waals surface area contributed by atoms with Crippen LogP contribution >= 0.6 is 0 Å². The van der Waals surface area contributed by atoms with E-state index >= 15 is 0 Å². The molecule has 0 spiro atoms. The second-order valence-electron chi connectivity index (χ2n) is 3.82. The standard InChI is InChI=1S/C11H18N4O/c1-3-4-5-10(2)16-11(6-12)7-15-9-13-8-14-15/h8-11H,3-5,7H2,1-2H3. The summed E-state index contributed by atoms with van der Waals surface area (Å²) in [7, 11) is 0. The fourth-order valence-corrected chi connectivity index (χ4v) is 1.45. The fraction of sp³-hybridized carbons (Fsp3) is 0.727. The molecular formula is C11H18N4O. The van der Waals surface area contributed by atoms with Crippen LogP contribution in [0, 0.1) is 11.3 Å². The van der Waals surface area contributed by atoms with Gasteiger partial charge in [-0.2, -0.15) is 10.4 Å². The lowest BCUT2D eigenvalue weighted by atomic mass is 10.2. The van der Waals surface area contributed by atoms with E-state index in [1.807, 2.05) is 6.92 Å². The van der Waals surface area contributed by atoms with Crippen molar-refractivity contribution in [1.82, 2.24) is 14.8 Å². The van der Waals surface area contributed by atoms with E-state index in [9.17, 15) is 0 Å². The van der Waals surface area contributed by atoms with Crippen LogP contribution in [-0.2, 0) is 11.3 Å². The number of rotatable bonds is 7. The molecule has 0 aromatic carbocycles. The Kier molecular flexibility index (Phi) is 5.51. The maximum absolute atomic E-state index is 8.96. The number of hydrogen-bond acceptors (Lipinski definition) is 4. The highest BCUT2D eigenvalue weighted by Gasteiger charge is 2.13. The van der Waals surface area contributed by atoms with Crippen LogP contribution in [0.1, 0.15) is 33.1 Å². The second-order valence-corrected chi connectivity index (χ2v) is 3.82. The number of aromatic nitrogens is 3. The van der Waals surface area contributed by atoms with Gasteiger partial charge < -0.3 is 4.74 Å². The molecule has 0 aliphatic carbocycles. The van der Waals surface area contributed by atoms with Crippen molar-refractivity contribution < 1.29 is 4.74 Å². The first-order valence-electron chi connectivity index (χ1n) is 5.63. The van der Waals surface area contributed by atoms with Crippen molar-refractivity contribution in [2.24, 2.45) is 0 Å². The minimum Gasteiger partial charge on any atom is -0.358 e. The van der Waals surface area contributed by atoms with Crippen LogP contribution in [0.5, 0.6) is 0 Å². The first-order valence-corrected chi connectivity index (χ1v) is 5.63. The molecule has 1 aromatic rings. The van der Waals surface area contributed by atoms with Crippen LogP contribution in [0.3, 0.4) is 0 Å². The third kappa shape index (κ3) is 4.41. The summed E-state index contributed by atoms with van der Waals surface area (Å²) in [6.07, 6.45) is 5.98. The van der Waals surface area contributed by atoms with E-state index in [1.54, 1.807) is 11.0 Å². The van der Waals surface area contributed by atoms with Gasteiger partial charge in [0.25, 0.3) is 0 Å². The Morgan fingerprint density at radius 1 is 1.56 bits per heavy atom. The Morgan fingerprint density at radius 3 is 2.94 bits per heavy atom. The lowest BCUT2D eigenvalue weighted by Gasteiger charge is -2.16. The van der Waals surface area contributed by atoms with Gasteiger partial charge in [0.1, 0.15) is 12.7 Å². The lowest BCUT2D eigenvalue weighted by Crippen LogP contribution is -2.23. The first kappa shape index (κ1) is 12.7. The van der Waals surface area contributed by atoms with Crippen molar-refractivity contribution in [3.63, 3.8) is 0 Å². The van der Waals surface area contributed by atoms with Crippen molar-refractivity contribution in [2.75, 3.05) is 0 Å². The van der Waals surface area contributed by atoms with Crippen molar-refractivity contribution in [1.29, 1.82) is 5.26 Å². The molecule has 5 nitrogen and oxygen atoms in total. The van der Waals surface area contributed by atoms with E-state index in [1.165, 1.54) is 6.33 Å². The highest BCUT2D eigenvalue weighted by molar-refractivity contribution is 4.84. The zero-order chi connectivity index (χ0) is 11.8. The number of nitrogens with zero attached hydrogens (tertiary/aromatic N) is 4. The molecule has 16 heavy (non-hydrogen) atoms. The second kappa shape index (κ2) is 6.96. The first-order chi connectivity index (χ1) is 7.76. The minimum atomic E-state index is -0.450. The molecular weight excluding hydrogens is 204 g/mol. The van der Waals surface area contributed by atoms with Crippen LogP contribution < -0.4 is 0 Å². The summed E-state index contributed by atoms with van der Waals surface area (Å²) in [6.45, 7) is 4.58. The van der Waals surface area contributed by atoms with Crippen LogP contribution in [0.15, 0.2) is 12.7 Å². The number of unbranched alkanes of at least 4 members (excludes halogenated alkanes) is 1. The summed E-state index contributed by atoms with van der Waals surface area (Å²) in [5.41, 5.74) is 0. The molecule has 0 N–H and O–H groups in total. The van der Waals surface area contributed by atoms with E-state index in [0.29, 0.717) is 6.54 Å². The number of hydrogen-bond donors (Lipinski definition) is 0. The molecule has 2 atom stereocenters. The van der Waals surface area contributed by atoms with Crippen molar-refractivity contribution >= 4 is 0 Å². The summed E-state index contributed by atoms with van der Waals surface area (Å²) in [4.78, 5) is 3.83. The largest absolute Gasteiger partial charge is 0.358 e. The summed E-state index contributed by atoms with van der Waals surface area (Å²) < 4.78 is 7.24. The molecule has 0 bridgehead atoms. The summed E-state index contributed by atoms with van der Waals surface area (Å²) in [6, 6.07) is 2.14. The fourth-order valence-electron chi connectivity index (χ4n) is 1.45. The van der Waals surface area contributed by atoms with Gasteiger partial charge in [0, 0.05) is 0 Å². The summed E-state index contributed by atoms with van der Waals surface area (Å²) >= 11 is 0. The molecule has 0 saturated heterocycles. The molecule has 0 aliphatic rings. The Labute approximate surface area is 96.0 Å². The zero-order valence-corrected chi connectivity index (χ0v) is 9.83. The normalized spacial score (nSPS) is 14.3. The van der Waals surface area contributed by atoms with Crippen LogP contribution in [0.2, 0.25) is 0 Å². The zero-order valence-electron chi connectivity index (χ0n) is 9.83. The van der Waals surface area contributed by atoms with E-state index in [0.717, 1.165) is 19.3 Å². The number of nitriles is 1. The highest BCUT2D eigenvalue weighted by atomic mass is 16.5. The van der Waals surface area contributed by atoms with Crippen LogP contribution in [0.25, 0.3) is 0 Å². The van der Waals surface area contributed by atoms with E-state index in [2.05, 4.69) is 23.1 Å². The molecule has 0 amide bonds. The van der Waals surface area contributed by atoms with Crippen molar-refractivity contribution in [3.05, 3.63) is 12.7 Å². The van der Waals surface area contributed by atoms with Crippen LogP contribution in [-0.4, -0.2) is 27.0 Å². The average molecular weight is 222 g/mol. The average Bonchev–Trinajstić information content (AvgIpc) is 2.78. The Bertz CT molecular complexity index is 317. The molecule has 0 saturated carbocycles. The van der Waals surface area contributed by atoms with Gasteiger partial charge in [-0.1, -0.05) is 19.8 Å². The molecule has 2 unspecified atom stereocenters. The van der Waals surface area contributed by atoms with Gasteiger partial charge in [-0.25, -0.2) is 9.67 Å². The third-order valence-corrected chi connectivity index (χ3v) is 2.32. The molecule has 5 heteroatoms. The van der Waals surface area contributed by atoms with Gasteiger partial charge in [0.15, 0.2) is 6.10 Å². The predicted octanol–water partition coefficient (Wildman–Crippen LogP) is 1.77. The van der Waals surface area contributed by atoms with E-state index < -0.39 is 6.10 Å². The summed E-state index contributed by atoms with van der Waals surface area (Å²) in [5.74, 6) is 0. The monoisotopic (exact) mass is 222 g/mol. The van der Waals surface area contributed by atoms with Gasteiger partial charge in [-0.05, 0) is 13.3 Å². The van der Waals surface area contributed by atoms with Crippen LogP contribution in [0.4, 0.5) is 0 Å². The summed E-state index contributed by atoms with van der Waals surface area (Å²) in [5, 5.41) is 12.9. The van der Waals surface area contributed by atoms with Crippen molar-refractivity contribution in [3.8, 4) is 6.07 Å². The van der Waals surface area contributed by atoms with Gasteiger partial charge in [0.2, 0.25) is 0 Å². The minimum absolute atomic E-state index is 0.119. The molecule has 1 rings (SSSR count). The van der Waals surface area contributed by atoms with Gasteiger partial charge in [0.05, 0.1) is 18.7 Å². The predicted molar refractivity (Wildman–Crippen MR) is 59.5 cm³/mol. The Balaban J connectivity index is 2.35. The van der Waals surface area contributed by atoms with Crippen molar-refractivity contribution in [2.45, 2.75) is 51.9 Å². The molecule has 1 heterocycles. The highest BCUT2D eigenvalue weighted by Crippen LogP contribution is 2.07. The SMILES string of the molecule is CCCCC(C)OC(C#N)Cn1cncn1. The Morgan fingerprint density at radius 2 is 2.38 bits per heavy atom. The molecule has 0 fully saturated rings. The molecule has 0 radical (unpaired) electrons. The van der Waals surface area contributed by atoms with Gasteiger partial charge in [-0.3, -0.25) is 0 Å². The molecule has 88 valence electrons. The maximum Gasteiger partial charge on any atom is 0.163 e. The van der Waals surface area contributed by atoms with E-state index in [4.69, 9.17) is 10.00 Å².